The van der Waals surface area contributed by atoms with E-state index in [9.17, 15) is 4.79 Å². The van der Waals surface area contributed by atoms with Crippen molar-refractivity contribution in [3.63, 3.8) is 0 Å². The summed E-state index contributed by atoms with van der Waals surface area (Å²) in [5, 5.41) is 4.85. The largest absolute Gasteiger partial charge is 0.426 e. The predicted molar refractivity (Wildman–Crippen MR) is 173 cm³/mol. The molecule has 8 heteroatoms. The van der Waals surface area contributed by atoms with E-state index in [1.165, 1.54) is 32.1 Å². The van der Waals surface area contributed by atoms with Crippen molar-refractivity contribution in [2.24, 2.45) is 12.8 Å². The molecule has 0 bridgehead atoms. The van der Waals surface area contributed by atoms with Crippen LogP contribution in [0.1, 0.15) is 67.3 Å². The lowest BCUT2D eigenvalue weighted by Crippen LogP contribution is -2.25. The number of aromatic nitrogens is 3. The van der Waals surface area contributed by atoms with Crippen LogP contribution in [0.4, 0.5) is 0 Å². The minimum absolute atomic E-state index is 0.0869. The summed E-state index contributed by atoms with van der Waals surface area (Å²) < 4.78 is 8.15. The fourth-order valence-electron chi connectivity index (χ4n) is 5.37. The van der Waals surface area contributed by atoms with Crippen LogP contribution >= 0.6 is 11.6 Å². The number of nitrogens with one attached hydrogen (secondary N) is 2. The Morgan fingerprint density at radius 3 is 2.52 bits per heavy atom. The first kappa shape index (κ1) is 29.7. The van der Waals surface area contributed by atoms with Gasteiger partial charge in [-0.1, -0.05) is 62.3 Å². The van der Waals surface area contributed by atoms with Gasteiger partial charge in [0, 0.05) is 41.8 Å². The van der Waals surface area contributed by atoms with Gasteiger partial charge >= 0.3 is 0 Å². The van der Waals surface area contributed by atoms with E-state index in [0.717, 1.165) is 64.4 Å². The molecule has 2 aromatic heterocycles. The summed E-state index contributed by atoms with van der Waals surface area (Å²) in [6.07, 6.45) is 11.5. The maximum Gasteiger partial charge on any atom is 0.300 e. The molecule has 3 aromatic carbocycles. The number of fused-ring (bicyclic) bond motifs is 2. The van der Waals surface area contributed by atoms with Gasteiger partial charge in [-0.15, -0.1) is 0 Å². The van der Waals surface area contributed by atoms with Crippen molar-refractivity contribution in [3.8, 4) is 22.9 Å². The van der Waals surface area contributed by atoms with Gasteiger partial charge in [0.25, 0.3) is 11.9 Å². The SMILES string of the molecule is Cc1ccc(Oc2nc3cc(-c4ccc5c(ccn5C)c4)c(Cl)cc3[nH]2)cc1C(=O)NCCCCCCCCCCN. The topological polar surface area (TPSA) is 98.0 Å². The number of nitrogens with zero attached hydrogens (tertiary/aromatic N) is 2. The summed E-state index contributed by atoms with van der Waals surface area (Å²) in [5.74, 6) is 0.455. The van der Waals surface area contributed by atoms with Crippen LogP contribution < -0.4 is 15.8 Å². The Balaban J connectivity index is 1.20. The molecule has 1 amide bonds. The molecule has 2 heterocycles. The predicted octanol–water partition coefficient (Wildman–Crippen LogP) is 8.29. The molecule has 42 heavy (non-hydrogen) atoms. The number of imidazole rings is 1. The molecule has 0 atom stereocenters. The number of nitrogens with two attached hydrogens (primary N) is 1. The molecule has 0 aliphatic heterocycles. The van der Waals surface area contributed by atoms with Crippen molar-refractivity contribution < 1.29 is 9.53 Å². The second-order valence-corrected chi connectivity index (χ2v) is 11.5. The number of aromatic amines is 1. The highest BCUT2D eigenvalue weighted by Crippen LogP contribution is 2.34. The third-order valence-corrected chi connectivity index (χ3v) is 8.14. The molecule has 0 spiro atoms. The lowest BCUT2D eigenvalue weighted by atomic mass is 10.0. The van der Waals surface area contributed by atoms with E-state index in [-0.39, 0.29) is 5.91 Å². The van der Waals surface area contributed by atoms with Crippen LogP contribution in [0.3, 0.4) is 0 Å². The fourth-order valence-corrected chi connectivity index (χ4v) is 5.65. The number of halogens is 1. The van der Waals surface area contributed by atoms with Crippen molar-refractivity contribution >= 4 is 39.4 Å². The number of carbonyl (C=O) groups is 1. The number of carbonyl (C=O) groups excluding carboxylic acids is 1. The van der Waals surface area contributed by atoms with Crippen molar-refractivity contribution in [3.05, 3.63) is 76.9 Å². The third kappa shape index (κ3) is 7.15. The lowest BCUT2D eigenvalue weighted by molar-refractivity contribution is 0.0952. The normalized spacial score (nSPS) is 11.4. The first-order valence-corrected chi connectivity index (χ1v) is 15.3. The van der Waals surface area contributed by atoms with E-state index in [2.05, 4.69) is 44.1 Å². The highest BCUT2D eigenvalue weighted by atomic mass is 35.5. The van der Waals surface area contributed by atoms with Gasteiger partial charge in [-0.3, -0.25) is 4.79 Å². The number of ether oxygens (including phenoxy) is 1. The Labute approximate surface area is 252 Å². The minimum atomic E-state index is -0.0869. The van der Waals surface area contributed by atoms with Crippen molar-refractivity contribution in [1.82, 2.24) is 19.9 Å². The second-order valence-electron chi connectivity index (χ2n) is 11.0. The Morgan fingerprint density at radius 1 is 0.976 bits per heavy atom. The lowest BCUT2D eigenvalue weighted by Gasteiger charge is -2.10. The summed E-state index contributed by atoms with van der Waals surface area (Å²) in [7, 11) is 2.03. The van der Waals surface area contributed by atoms with Gasteiger partial charge in [0.2, 0.25) is 0 Å². The molecule has 0 unspecified atom stereocenters. The highest BCUT2D eigenvalue weighted by molar-refractivity contribution is 6.34. The third-order valence-electron chi connectivity index (χ3n) is 7.83. The van der Waals surface area contributed by atoms with E-state index in [0.29, 0.717) is 28.9 Å². The summed E-state index contributed by atoms with van der Waals surface area (Å²) in [5.41, 5.74) is 11.7. The number of hydrogen-bond acceptors (Lipinski definition) is 4. The summed E-state index contributed by atoms with van der Waals surface area (Å²) in [6.45, 7) is 3.39. The van der Waals surface area contributed by atoms with Crippen LogP contribution in [-0.2, 0) is 7.05 Å². The zero-order valence-electron chi connectivity index (χ0n) is 24.5. The highest BCUT2D eigenvalue weighted by Gasteiger charge is 2.14. The number of amides is 1. The van der Waals surface area contributed by atoms with Crippen LogP contribution in [0.15, 0.2) is 60.8 Å². The molecule has 5 rings (SSSR count). The average molecular weight is 586 g/mol. The van der Waals surface area contributed by atoms with Crippen LogP contribution in [0.5, 0.6) is 11.8 Å². The smallest absolute Gasteiger partial charge is 0.300 e. The number of unbranched alkanes of at least 4 members (excludes halogenated alkanes) is 7. The second kappa shape index (κ2) is 13.9. The zero-order chi connectivity index (χ0) is 29.5. The van der Waals surface area contributed by atoms with Crippen LogP contribution in [-0.4, -0.2) is 33.5 Å². The van der Waals surface area contributed by atoms with Crippen molar-refractivity contribution in [2.75, 3.05) is 13.1 Å². The number of benzene rings is 3. The number of aryl methyl sites for hydroxylation is 2. The van der Waals surface area contributed by atoms with E-state index in [1.807, 2.05) is 44.4 Å². The average Bonchev–Trinajstić information content (AvgIpc) is 3.55. The maximum absolute atomic E-state index is 12.9. The van der Waals surface area contributed by atoms with Crippen LogP contribution in [0, 0.1) is 6.92 Å². The molecule has 4 N–H and O–H groups in total. The molecular formula is C34H40ClN5O2. The van der Waals surface area contributed by atoms with E-state index in [1.54, 1.807) is 6.07 Å². The van der Waals surface area contributed by atoms with Gasteiger partial charge < -0.3 is 25.3 Å². The van der Waals surface area contributed by atoms with Gasteiger partial charge in [0.15, 0.2) is 0 Å². The van der Waals surface area contributed by atoms with E-state index < -0.39 is 0 Å². The Morgan fingerprint density at radius 2 is 1.74 bits per heavy atom. The fraction of sp³-hybridized carbons (Fsp3) is 0.353. The number of H-pyrrole nitrogens is 1. The van der Waals surface area contributed by atoms with E-state index >= 15 is 0 Å². The quantitative estimate of drug-likeness (QED) is 0.114. The summed E-state index contributed by atoms with van der Waals surface area (Å²) in [6, 6.07) is 18.1. The molecule has 0 saturated heterocycles. The molecule has 7 nitrogen and oxygen atoms in total. The minimum Gasteiger partial charge on any atom is -0.426 e. The number of hydrogen-bond donors (Lipinski definition) is 3. The van der Waals surface area contributed by atoms with Crippen molar-refractivity contribution in [2.45, 2.75) is 58.3 Å². The van der Waals surface area contributed by atoms with Gasteiger partial charge in [-0.2, -0.15) is 4.98 Å². The van der Waals surface area contributed by atoms with E-state index in [4.69, 9.17) is 22.1 Å². The first-order valence-electron chi connectivity index (χ1n) is 14.9. The van der Waals surface area contributed by atoms with Gasteiger partial charge in [-0.25, -0.2) is 0 Å². The maximum atomic E-state index is 12.9. The summed E-state index contributed by atoms with van der Waals surface area (Å²) in [4.78, 5) is 20.8. The monoisotopic (exact) mass is 585 g/mol. The molecule has 220 valence electrons. The van der Waals surface area contributed by atoms with Gasteiger partial charge in [0.05, 0.1) is 16.1 Å². The molecule has 0 radical (unpaired) electrons. The Kier molecular flexibility index (Phi) is 9.82. The molecule has 0 aliphatic carbocycles. The van der Waals surface area contributed by atoms with Gasteiger partial charge in [-0.05, 0) is 79.9 Å². The molecular weight excluding hydrogens is 546 g/mol. The van der Waals surface area contributed by atoms with Crippen LogP contribution in [0.25, 0.3) is 33.1 Å². The number of rotatable bonds is 14. The molecule has 0 fully saturated rings. The molecule has 0 saturated carbocycles. The Bertz CT molecular complexity index is 1670. The standard InChI is InChI=1S/C34H40ClN5O2/c1-23-11-13-26(20-27(23)33(41)37-17-10-8-6-4-3-5-7-9-16-36)42-34-38-30-21-28(29(35)22-31(30)39-34)24-12-14-32-25(19-24)15-18-40(32)2/h11-15,18-22H,3-10,16-17,36H2,1-2H3,(H,37,41)(H,38,39). The van der Waals surface area contributed by atoms with Crippen LogP contribution in [0.2, 0.25) is 5.02 Å². The first-order chi connectivity index (χ1) is 20.4. The zero-order valence-corrected chi connectivity index (χ0v) is 25.3. The summed E-state index contributed by atoms with van der Waals surface area (Å²) >= 11 is 6.69. The molecule has 0 aliphatic rings. The van der Waals surface area contributed by atoms with Crippen molar-refractivity contribution in [1.29, 1.82) is 0 Å². The Hall–Kier alpha value is -3.81. The molecule has 5 aromatic rings. The van der Waals surface area contributed by atoms with Gasteiger partial charge in [0.1, 0.15) is 5.75 Å².